The first-order chi connectivity index (χ1) is 14.8. The van der Waals surface area contributed by atoms with Crippen molar-refractivity contribution in [1.29, 1.82) is 0 Å². The SMILES string of the molecule is CCc1ccc2oc(-c3ccc(NC(=O)c4c(F)c(F)c(F)c(F)c4F)cc3)nc2c1. The van der Waals surface area contributed by atoms with Crippen LogP contribution in [0.15, 0.2) is 46.9 Å². The van der Waals surface area contributed by atoms with Gasteiger partial charge in [0.15, 0.2) is 28.9 Å². The molecule has 0 aliphatic carbocycles. The highest BCUT2D eigenvalue weighted by Gasteiger charge is 2.29. The quantitative estimate of drug-likeness (QED) is 0.244. The van der Waals surface area contributed by atoms with Gasteiger partial charge in [-0.2, -0.15) is 0 Å². The Morgan fingerprint density at radius 2 is 1.52 bits per heavy atom. The molecule has 0 saturated heterocycles. The van der Waals surface area contributed by atoms with E-state index in [4.69, 9.17) is 4.42 Å². The molecule has 0 spiro atoms. The van der Waals surface area contributed by atoms with Gasteiger partial charge in [-0.05, 0) is 48.4 Å². The monoisotopic (exact) mass is 432 g/mol. The Bertz CT molecular complexity index is 1290. The van der Waals surface area contributed by atoms with E-state index in [9.17, 15) is 26.7 Å². The van der Waals surface area contributed by atoms with Crippen LogP contribution in [0.1, 0.15) is 22.8 Å². The molecule has 0 unspecified atom stereocenters. The van der Waals surface area contributed by atoms with Crippen molar-refractivity contribution in [1.82, 2.24) is 4.98 Å². The van der Waals surface area contributed by atoms with Crippen LogP contribution in [0.25, 0.3) is 22.6 Å². The van der Waals surface area contributed by atoms with Crippen molar-refractivity contribution in [3.63, 3.8) is 0 Å². The highest BCUT2D eigenvalue weighted by molar-refractivity contribution is 6.04. The summed E-state index contributed by atoms with van der Waals surface area (Å²) in [6, 6.07) is 11.5. The van der Waals surface area contributed by atoms with Gasteiger partial charge in [0.25, 0.3) is 5.91 Å². The fourth-order valence-corrected chi connectivity index (χ4v) is 3.01. The third-order valence-electron chi connectivity index (χ3n) is 4.69. The maximum Gasteiger partial charge on any atom is 0.261 e. The molecule has 1 N–H and O–H groups in total. The second-order valence-corrected chi connectivity index (χ2v) is 6.65. The summed E-state index contributed by atoms with van der Waals surface area (Å²) >= 11 is 0. The van der Waals surface area contributed by atoms with Gasteiger partial charge in [-0.1, -0.05) is 13.0 Å². The van der Waals surface area contributed by atoms with Crippen molar-refractivity contribution in [2.24, 2.45) is 0 Å². The molecule has 0 aliphatic heterocycles. The minimum atomic E-state index is -2.33. The van der Waals surface area contributed by atoms with E-state index in [1.807, 2.05) is 25.1 Å². The Morgan fingerprint density at radius 1 is 0.903 bits per heavy atom. The number of rotatable bonds is 4. The van der Waals surface area contributed by atoms with Crippen molar-refractivity contribution in [3.05, 3.63) is 82.7 Å². The van der Waals surface area contributed by atoms with Crippen LogP contribution in [-0.2, 0) is 6.42 Å². The molecule has 0 radical (unpaired) electrons. The van der Waals surface area contributed by atoms with E-state index < -0.39 is 40.6 Å². The zero-order valence-corrected chi connectivity index (χ0v) is 15.9. The predicted molar refractivity (Wildman–Crippen MR) is 103 cm³/mol. The second kappa shape index (κ2) is 7.82. The van der Waals surface area contributed by atoms with Gasteiger partial charge in [-0.25, -0.2) is 26.9 Å². The van der Waals surface area contributed by atoms with Crippen molar-refractivity contribution >= 4 is 22.7 Å². The fourth-order valence-electron chi connectivity index (χ4n) is 3.01. The first kappa shape index (κ1) is 20.5. The number of oxazole rings is 1. The number of nitrogens with zero attached hydrogens (tertiary/aromatic N) is 1. The lowest BCUT2D eigenvalue weighted by molar-refractivity contribution is 0.101. The zero-order chi connectivity index (χ0) is 22.3. The number of anilines is 1. The van der Waals surface area contributed by atoms with E-state index >= 15 is 0 Å². The van der Waals surface area contributed by atoms with Gasteiger partial charge in [0.05, 0.1) is 0 Å². The van der Waals surface area contributed by atoms with E-state index in [0.717, 1.165) is 12.0 Å². The molecule has 9 heteroatoms. The Hall–Kier alpha value is -3.75. The Kier molecular flexibility index (Phi) is 5.18. The molecule has 0 aliphatic rings. The van der Waals surface area contributed by atoms with Crippen LogP contribution in [0.2, 0.25) is 0 Å². The molecule has 158 valence electrons. The molecule has 0 atom stereocenters. The van der Waals surface area contributed by atoms with E-state index in [0.29, 0.717) is 22.6 Å². The molecule has 0 bridgehead atoms. The van der Waals surface area contributed by atoms with Gasteiger partial charge < -0.3 is 9.73 Å². The summed E-state index contributed by atoms with van der Waals surface area (Å²) in [6.45, 7) is 2.02. The third-order valence-corrected chi connectivity index (χ3v) is 4.69. The maximum absolute atomic E-state index is 13.8. The molecule has 4 rings (SSSR count). The summed E-state index contributed by atoms with van der Waals surface area (Å²) in [6.07, 6.45) is 0.843. The smallest absolute Gasteiger partial charge is 0.261 e. The molecule has 1 amide bonds. The van der Waals surface area contributed by atoms with Gasteiger partial charge in [0.1, 0.15) is 11.1 Å². The molecule has 4 nitrogen and oxygen atoms in total. The number of aryl methyl sites for hydroxylation is 1. The zero-order valence-electron chi connectivity index (χ0n) is 15.9. The van der Waals surface area contributed by atoms with Crippen molar-refractivity contribution < 1.29 is 31.2 Å². The average molecular weight is 432 g/mol. The van der Waals surface area contributed by atoms with Crippen LogP contribution < -0.4 is 5.32 Å². The highest BCUT2D eigenvalue weighted by atomic mass is 19.2. The van der Waals surface area contributed by atoms with Gasteiger partial charge in [-0.15, -0.1) is 0 Å². The van der Waals surface area contributed by atoms with Crippen molar-refractivity contribution in [2.45, 2.75) is 13.3 Å². The Balaban J connectivity index is 1.59. The lowest BCUT2D eigenvalue weighted by atomic mass is 10.1. The number of hydrogen-bond donors (Lipinski definition) is 1. The van der Waals surface area contributed by atoms with Crippen molar-refractivity contribution in [2.75, 3.05) is 5.32 Å². The lowest BCUT2D eigenvalue weighted by Crippen LogP contribution is -2.19. The second-order valence-electron chi connectivity index (χ2n) is 6.65. The molecule has 1 heterocycles. The molecular formula is C22H13F5N2O2. The van der Waals surface area contributed by atoms with E-state index in [1.54, 1.807) is 0 Å². The lowest BCUT2D eigenvalue weighted by Gasteiger charge is -2.09. The van der Waals surface area contributed by atoms with Crippen LogP contribution in [-0.4, -0.2) is 10.9 Å². The molecule has 0 fully saturated rings. The number of aromatic nitrogens is 1. The number of carbonyl (C=O) groups excluding carboxylic acids is 1. The summed E-state index contributed by atoms with van der Waals surface area (Å²) in [7, 11) is 0. The minimum Gasteiger partial charge on any atom is -0.436 e. The summed E-state index contributed by atoms with van der Waals surface area (Å²) in [5.74, 6) is -12.3. The van der Waals surface area contributed by atoms with Crippen LogP contribution in [0, 0.1) is 29.1 Å². The third kappa shape index (κ3) is 3.63. The van der Waals surface area contributed by atoms with Gasteiger partial charge >= 0.3 is 0 Å². The van der Waals surface area contributed by atoms with E-state index in [2.05, 4.69) is 10.3 Å². The number of hydrogen-bond acceptors (Lipinski definition) is 3. The summed E-state index contributed by atoms with van der Waals surface area (Å²) in [5, 5.41) is 2.11. The number of nitrogens with one attached hydrogen (secondary N) is 1. The predicted octanol–water partition coefficient (Wildman–Crippen LogP) is 6.01. The summed E-state index contributed by atoms with van der Waals surface area (Å²) in [5.41, 5.74) is 1.43. The standard InChI is InChI=1S/C22H13F5N2O2/c1-2-10-3-8-14-13(9-10)29-22(31-14)11-4-6-12(7-5-11)28-21(30)15-16(23)18(25)20(27)19(26)17(15)24/h3-9H,2H2,1H3,(H,28,30). The van der Waals surface area contributed by atoms with Gasteiger partial charge in [0, 0.05) is 11.3 Å². The molecule has 3 aromatic carbocycles. The first-order valence-corrected chi connectivity index (χ1v) is 9.12. The van der Waals surface area contributed by atoms with Crippen LogP contribution >= 0.6 is 0 Å². The molecule has 4 aromatic rings. The Labute approximate surface area is 172 Å². The number of halogens is 5. The van der Waals surface area contributed by atoms with Gasteiger partial charge in [-0.3, -0.25) is 4.79 Å². The normalized spacial score (nSPS) is 11.2. The molecular weight excluding hydrogens is 419 g/mol. The first-order valence-electron chi connectivity index (χ1n) is 9.12. The van der Waals surface area contributed by atoms with Crippen LogP contribution in [0.3, 0.4) is 0 Å². The van der Waals surface area contributed by atoms with E-state index in [1.165, 1.54) is 24.3 Å². The minimum absolute atomic E-state index is 0.0714. The highest BCUT2D eigenvalue weighted by Crippen LogP contribution is 2.27. The molecule has 0 saturated carbocycles. The molecule has 31 heavy (non-hydrogen) atoms. The number of amides is 1. The van der Waals surface area contributed by atoms with Crippen LogP contribution in [0.5, 0.6) is 0 Å². The summed E-state index contributed by atoms with van der Waals surface area (Å²) in [4.78, 5) is 16.5. The largest absolute Gasteiger partial charge is 0.436 e. The summed E-state index contributed by atoms with van der Waals surface area (Å²) < 4.78 is 73.1. The topological polar surface area (TPSA) is 55.1 Å². The van der Waals surface area contributed by atoms with E-state index in [-0.39, 0.29) is 5.69 Å². The van der Waals surface area contributed by atoms with Gasteiger partial charge in [0.2, 0.25) is 11.7 Å². The number of fused-ring (bicyclic) bond motifs is 1. The average Bonchev–Trinajstić information content (AvgIpc) is 3.20. The maximum atomic E-state index is 13.8. The Morgan fingerprint density at radius 3 is 2.13 bits per heavy atom. The fraction of sp³-hybridized carbons (Fsp3) is 0.0909. The number of carbonyl (C=O) groups is 1. The van der Waals surface area contributed by atoms with Crippen LogP contribution in [0.4, 0.5) is 27.6 Å². The van der Waals surface area contributed by atoms with Crippen molar-refractivity contribution in [3.8, 4) is 11.5 Å². The molecule has 1 aromatic heterocycles. The number of benzene rings is 3.